The van der Waals surface area contributed by atoms with Crippen molar-refractivity contribution in [3.05, 3.63) is 107 Å². The highest BCUT2D eigenvalue weighted by Crippen LogP contribution is 2.26. The van der Waals surface area contributed by atoms with E-state index in [1.807, 2.05) is 0 Å². The van der Waals surface area contributed by atoms with Gasteiger partial charge in [0, 0.05) is 41.4 Å². The Morgan fingerprint density at radius 3 is 2.49 bits per heavy atom. The van der Waals surface area contributed by atoms with Gasteiger partial charge in [0.05, 0.1) is 5.75 Å². The van der Waals surface area contributed by atoms with E-state index < -0.39 is 45.3 Å². The summed E-state index contributed by atoms with van der Waals surface area (Å²) < 4.78 is 41.8. The Morgan fingerprint density at radius 2 is 1.70 bits per heavy atom. The average molecular weight is 661 g/mol. The number of carboxylic acid groups (broad SMARTS) is 1. The summed E-state index contributed by atoms with van der Waals surface area (Å²) in [4.78, 5) is 54.5. The molecular weight excluding hydrogens is 632 g/mol. The molecule has 0 radical (unpaired) electrons. The molecule has 5 N–H and O–H groups in total. The molecule has 4 aromatic rings. The highest BCUT2D eigenvalue weighted by atomic mass is 32.2. The molecule has 2 aromatic carbocycles. The van der Waals surface area contributed by atoms with Gasteiger partial charge in [-0.15, -0.1) is 0 Å². The number of hydrogen-bond acceptors (Lipinski definition) is 10. The maximum atomic E-state index is 13.0. The van der Waals surface area contributed by atoms with Gasteiger partial charge in [0.25, 0.3) is 21.9 Å². The van der Waals surface area contributed by atoms with Gasteiger partial charge in [-0.25, -0.2) is 14.6 Å². The van der Waals surface area contributed by atoms with Gasteiger partial charge in [-0.1, -0.05) is 30.4 Å². The normalized spacial score (nSPS) is 14.9. The van der Waals surface area contributed by atoms with Gasteiger partial charge in [0.1, 0.15) is 22.7 Å². The van der Waals surface area contributed by atoms with E-state index >= 15 is 0 Å². The van der Waals surface area contributed by atoms with E-state index in [9.17, 15) is 32.7 Å². The summed E-state index contributed by atoms with van der Waals surface area (Å²) in [6.45, 7) is -0.110. The van der Waals surface area contributed by atoms with E-state index in [0.717, 1.165) is 0 Å². The number of carbonyl (C=O) groups excluding carboxylic acids is 2. The number of oxazole rings is 1. The quantitative estimate of drug-likeness (QED) is 0.0841. The molecular formula is C32H28N4O10S. The van der Waals surface area contributed by atoms with Crippen molar-refractivity contribution < 1.29 is 41.3 Å². The predicted molar refractivity (Wildman–Crippen MR) is 172 cm³/mol. The molecule has 0 fully saturated rings. The van der Waals surface area contributed by atoms with E-state index in [0.29, 0.717) is 16.6 Å². The topological polar surface area (TPSA) is 218 Å². The zero-order chi connectivity index (χ0) is 33.6. The number of fused-ring (bicyclic) bond motifs is 2. The zero-order valence-electron chi connectivity index (χ0n) is 24.5. The fraction of sp³-hybridized carbons (Fsp3) is 0.156. The molecule has 0 bridgehead atoms. The maximum absolute atomic E-state index is 13.0. The highest BCUT2D eigenvalue weighted by Gasteiger charge is 2.23. The third-order valence-corrected chi connectivity index (χ3v) is 7.66. The number of carboxylic acids is 1. The van der Waals surface area contributed by atoms with Crippen LogP contribution in [0.25, 0.3) is 33.5 Å². The largest absolute Gasteiger partial charge is 0.480 e. The number of carbonyl (C=O) groups is 3. The number of aromatic nitrogens is 1. The van der Waals surface area contributed by atoms with Crippen molar-refractivity contribution in [1.29, 1.82) is 0 Å². The molecule has 0 saturated heterocycles. The van der Waals surface area contributed by atoms with Crippen LogP contribution in [0.1, 0.15) is 16.8 Å². The van der Waals surface area contributed by atoms with Gasteiger partial charge in [-0.05, 0) is 55.0 Å². The molecule has 15 heteroatoms. The lowest BCUT2D eigenvalue weighted by molar-refractivity contribution is -0.139. The summed E-state index contributed by atoms with van der Waals surface area (Å²) in [5, 5.41) is 18.1. The lowest BCUT2D eigenvalue weighted by Crippen LogP contribution is -2.48. The molecule has 0 saturated carbocycles. The van der Waals surface area contributed by atoms with Gasteiger partial charge in [-0.2, -0.15) is 8.42 Å². The summed E-state index contributed by atoms with van der Waals surface area (Å²) >= 11 is 0. The van der Waals surface area contributed by atoms with E-state index in [-0.39, 0.29) is 53.2 Å². The number of aliphatic carboxylic acids is 1. The third-order valence-electron chi connectivity index (χ3n) is 6.85. The number of allylic oxidation sites excluding steroid dienone is 6. The molecule has 1 aliphatic rings. The Kier molecular flexibility index (Phi) is 9.77. The molecule has 14 nitrogen and oxygen atoms in total. The number of anilines is 1. The zero-order valence-corrected chi connectivity index (χ0v) is 25.3. The van der Waals surface area contributed by atoms with Gasteiger partial charge in [-0.3, -0.25) is 14.1 Å². The van der Waals surface area contributed by atoms with Crippen LogP contribution in [-0.2, 0) is 19.7 Å². The molecule has 0 aliphatic heterocycles. The first-order chi connectivity index (χ1) is 22.5. The average Bonchev–Trinajstić information content (AvgIpc) is 3.43. The van der Waals surface area contributed by atoms with Crippen molar-refractivity contribution in [2.24, 2.45) is 0 Å². The minimum Gasteiger partial charge on any atom is -0.480 e. The third kappa shape index (κ3) is 8.47. The molecule has 2 aromatic heterocycles. The van der Waals surface area contributed by atoms with Crippen LogP contribution in [0.3, 0.4) is 0 Å². The standard InChI is InChI=1S/C32H28N4O10S/c37-28(19-7-4-2-1-3-5-8-19)34-18-25(31(39)40)35-29(38)21-10-12-26-24(16-21)36-30(45-26)23-15-20-9-11-22(17-27(20)46-32(23)41)33-13-6-14-47(42,43)44/h1-5,7-12,15-17,25,33H,6,13-14,18H2,(H,34,37)(H,35,38)(H,39,40)(H,42,43,44)/b2-1-,3-1?,4-2?,5-3-,7-4?,8-5?,19-7?,19-8?. The van der Waals surface area contributed by atoms with Crippen molar-refractivity contribution in [3.8, 4) is 11.5 Å². The lowest BCUT2D eigenvalue weighted by atomic mass is 10.1. The van der Waals surface area contributed by atoms with Crippen LogP contribution in [0.15, 0.2) is 104 Å². The van der Waals surface area contributed by atoms with Gasteiger partial charge in [0.15, 0.2) is 5.58 Å². The van der Waals surface area contributed by atoms with Crippen molar-refractivity contribution in [2.45, 2.75) is 12.5 Å². The summed E-state index contributed by atoms with van der Waals surface area (Å²) in [6.07, 6.45) is 11.9. The Morgan fingerprint density at radius 1 is 0.915 bits per heavy atom. The van der Waals surface area contributed by atoms with Crippen LogP contribution in [-0.4, -0.2) is 65.7 Å². The van der Waals surface area contributed by atoms with Crippen molar-refractivity contribution in [3.63, 3.8) is 0 Å². The number of amides is 2. The first kappa shape index (κ1) is 32.6. The Hall–Kier alpha value is -5.80. The number of rotatable bonds is 12. The second kappa shape index (κ2) is 14.1. The monoisotopic (exact) mass is 660 g/mol. The van der Waals surface area contributed by atoms with Crippen LogP contribution in [0.4, 0.5) is 5.69 Å². The first-order valence-electron chi connectivity index (χ1n) is 14.2. The summed E-state index contributed by atoms with van der Waals surface area (Å²) in [7, 11) is -4.06. The van der Waals surface area contributed by atoms with Crippen LogP contribution in [0.2, 0.25) is 0 Å². The first-order valence-corrected chi connectivity index (χ1v) is 15.8. The van der Waals surface area contributed by atoms with Gasteiger partial charge >= 0.3 is 11.6 Å². The van der Waals surface area contributed by atoms with Crippen LogP contribution >= 0.6 is 0 Å². The minimum absolute atomic E-state index is 0.0241. The molecule has 242 valence electrons. The SMILES string of the molecule is O=C(NCC(NC(=O)c1ccc2oc(-c3cc4ccc(NCCCS(=O)(=O)O)cc4oc3=O)nc2c1)C(=O)O)C1=C/C=C\C=C/C=C1. The number of nitrogens with one attached hydrogen (secondary N) is 3. The summed E-state index contributed by atoms with van der Waals surface area (Å²) in [5.41, 5.74) is 0.967. The fourth-order valence-corrected chi connectivity index (χ4v) is 5.01. The highest BCUT2D eigenvalue weighted by molar-refractivity contribution is 7.85. The van der Waals surface area contributed by atoms with E-state index in [4.69, 9.17) is 13.4 Å². The maximum Gasteiger partial charge on any atom is 0.349 e. The van der Waals surface area contributed by atoms with Gasteiger partial charge in [0.2, 0.25) is 5.89 Å². The molecule has 5 rings (SSSR count). The smallest absolute Gasteiger partial charge is 0.349 e. The number of hydrogen-bond donors (Lipinski definition) is 5. The lowest BCUT2D eigenvalue weighted by Gasteiger charge is -2.15. The van der Waals surface area contributed by atoms with E-state index in [1.54, 1.807) is 60.7 Å². The Labute approximate surface area is 266 Å². The molecule has 1 atom stereocenters. The molecule has 2 amide bonds. The van der Waals surface area contributed by atoms with Crippen molar-refractivity contribution >= 4 is 55.7 Å². The van der Waals surface area contributed by atoms with Crippen LogP contribution in [0.5, 0.6) is 0 Å². The van der Waals surface area contributed by atoms with Crippen molar-refractivity contribution in [1.82, 2.24) is 15.6 Å². The molecule has 47 heavy (non-hydrogen) atoms. The second-order valence-electron chi connectivity index (χ2n) is 10.3. The van der Waals surface area contributed by atoms with E-state index in [1.165, 1.54) is 24.3 Å². The predicted octanol–water partition coefficient (Wildman–Crippen LogP) is 3.20. The molecule has 2 heterocycles. The minimum atomic E-state index is -4.06. The van der Waals surface area contributed by atoms with Crippen LogP contribution < -0.4 is 21.6 Å². The molecule has 1 aliphatic carbocycles. The Bertz CT molecular complexity index is 2160. The number of benzene rings is 2. The Balaban J connectivity index is 1.27. The second-order valence-corrected chi connectivity index (χ2v) is 11.9. The molecule has 1 unspecified atom stereocenters. The van der Waals surface area contributed by atoms with Crippen LogP contribution in [0, 0.1) is 0 Å². The van der Waals surface area contributed by atoms with Gasteiger partial charge < -0.3 is 29.9 Å². The summed E-state index contributed by atoms with van der Waals surface area (Å²) in [6, 6.07) is 9.29. The number of nitrogens with zero attached hydrogens (tertiary/aromatic N) is 1. The van der Waals surface area contributed by atoms with E-state index in [2.05, 4.69) is 20.9 Å². The molecule has 0 spiro atoms. The summed E-state index contributed by atoms with van der Waals surface area (Å²) in [5.74, 6) is -3.05. The van der Waals surface area contributed by atoms with Crippen molar-refractivity contribution in [2.75, 3.05) is 24.2 Å². The fourth-order valence-electron chi connectivity index (χ4n) is 4.50.